The molecule has 0 saturated carbocycles. The van der Waals surface area contributed by atoms with E-state index in [1.165, 1.54) is 0 Å². The monoisotopic (exact) mass is 410 g/mol. The Bertz CT molecular complexity index is 988. The second kappa shape index (κ2) is 8.34. The fourth-order valence-corrected chi connectivity index (χ4v) is 4.47. The number of benzene rings is 1. The zero-order valence-electron chi connectivity index (χ0n) is 17.1. The lowest BCUT2D eigenvalue weighted by Gasteiger charge is -2.34. The maximum Gasteiger partial charge on any atom is 0.238 e. The second-order valence-electron chi connectivity index (χ2n) is 7.38. The number of amides is 1. The molecule has 1 aliphatic heterocycles. The van der Waals surface area contributed by atoms with E-state index in [9.17, 15) is 4.79 Å². The largest absolute Gasteiger partial charge is 0.346 e. The lowest BCUT2D eigenvalue weighted by Crippen LogP contribution is -2.48. The number of hydrogen-bond acceptors (Lipinski definition) is 6. The topological polar surface area (TPSA) is 66.3 Å². The first-order valence-electron chi connectivity index (χ1n) is 9.82. The third kappa shape index (κ3) is 4.33. The lowest BCUT2D eigenvalue weighted by molar-refractivity contribution is -0.117. The van der Waals surface area contributed by atoms with Crippen LogP contribution in [0.1, 0.15) is 17.1 Å². The van der Waals surface area contributed by atoms with Gasteiger partial charge in [0.15, 0.2) is 5.13 Å². The molecule has 29 heavy (non-hydrogen) atoms. The van der Waals surface area contributed by atoms with Crippen LogP contribution in [0.3, 0.4) is 0 Å². The number of nitrogens with zero attached hydrogens (tertiary/aromatic N) is 5. The van der Waals surface area contributed by atoms with Crippen LogP contribution in [0, 0.1) is 20.8 Å². The van der Waals surface area contributed by atoms with Crippen LogP contribution in [0.2, 0.25) is 0 Å². The smallest absolute Gasteiger partial charge is 0.238 e. The van der Waals surface area contributed by atoms with Gasteiger partial charge in [0.1, 0.15) is 0 Å². The van der Waals surface area contributed by atoms with E-state index in [2.05, 4.69) is 30.6 Å². The van der Waals surface area contributed by atoms with Crippen molar-refractivity contribution in [1.82, 2.24) is 19.7 Å². The van der Waals surface area contributed by atoms with Gasteiger partial charge in [0, 0.05) is 31.6 Å². The molecule has 0 unspecified atom stereocenters. The first kappa shape index (κ1) is 19.6. The van der Waals surface area contributed by atoms with E-state index < -0.39 is 0 Å². The molecule has 1 aliphatic rings. The Morgan fingerprint density at radius 2 is 1.83 bits per heavy atom. The summed E-state index contributed by atoms with van der Waals surface area (Å²) in [6.45, 7) is 9.81. The van der Waals surface area contributed by atoms with Crippen LogP contribution < -0.4 is 10.2 Å². The van der Waals surface area contributed by atoms with Gasteiger partial charge in [-0.25, -0.2) is 9.67 Å². The highest BCUT2D eigenvalue weighted by atomic mass is 32.1. The van der Waals surface area contributed by atoms with Gasteiger partial charge in [-0.15, -0.1) is 11.3 Å². The zero-order valence-corrected chi connectivity index (χ0v) is 17.9. The van der Waals surface area contributed by atoms with Crippen molar-refractivity contribution in [1.29, 1.82) is 0 Å². The predicted molar refractivity (Wildman–Crippen MR) is 117 cm³/mol. The average molecular weight is 411 g/mol. The van der Waals surface area contributed by atoms with Gasteiger partial charge in [-0.05, 0) is 32.9 Å². The molecule has 1 amide bonds. The number of nitrogens with one attached hydrogen (secondary N) is 1. The Balaban J connectivity index is 1.35. The van der Waals surface area contributed by atoms with Gasteiger partial charge in [-0.3, -0.25) is 9.69 Å². The standard InChI is InChI=1S/C21H26N6OS/c1-15-14-29-21(22-15)26-11-9-25(10-12-26)13-19(28)23-20-16(2)24-27(17(20)3)18-7-5-4-6-8-18/h4-8,14H,9-13H2,1-3H3,(H,23,28). The maximum atomic E-state index is 12.7. The SMILES string of the molecule is Cc1csc(N2CCN(CC(=O)Nc3c(C)nn(-c4ccccc4)c3C)CC2)n1. The van der Waals surface area contributed by atoms with Gasteiger partial charge < -0.3 is 10.2 Å². The van der Waals surface area contributed by atoms with E-state index in [1.54, 1.807) is 11.3 Å². The van der Waals surface area contributed by atoms with Crippen molar-refractivity contribution in [2.24, 2.45) is 0 Å². The quantitative estimate of drug-likeness (QED) is 0.700. The van der Waals surface area contributed by atoms with Gasteiger partial charge >= 0.3 is 0 Å². The van der Waals surface area contributed by atoms with Crippen LogP contribution in [-0.2, 0) is 4.79 Å². The van der Waals surface area contributed by atoms with Crippen LogP contribution in [-0.4, -0.2) is 58.3 Å². The van der Waals surface area contributed by atoms with E-state index in [0.717, 1.165) is 59.8 Å². The van der Waals surface area contributed by atoms with Crippen molar-refractivity contribution < 1.29 is 4.79 Å². The molecule has 7 nitrogen and oxygen atoms in total. The van der Waals surface area contributed by atoms with Crippen molar-refractivity contribution in [3.8, 4) is 5.69 Å². The van der Waals surface area contributed by atoms with E-state index in [0.29, 0.717) is 6.54 Å². The summed E-state index contributed by atoms with van der Waals surface area (Å²) >= 11 is 1.68. The number of hydrogen-bond donors (Lipinski definition) is 1. The number of aryl methyl sites for hydroxylation is 2. The fraction of sp³-hybridized carbons (Fsp3) is 0.381. The number of thiazole rings is 1. The van der Waals surface area contributed by atoms with Crippen LogP contribution in [0.4, 0.5) is 10.8 Å². The van der Waals surface area contributed by atoms with Crippen LogP contribution in [0.15, 0.2) is 35.7 Å². The number of carbonyl (C=O) groups is 1. The van der Waals surface area contributed by atoms with Crippen molar-refractivity contribution in [3.05, 3.63) is 52.8 Å². The summed E-state index contributed by atoms with van der Waals surface area (Å²) in [6, 6.07) is 9.96. The molecule has 0 radical (unpaired) electrons. The predicted octanol–water partition coefficient (Wildman–Crippen LogP) is 3.01. The Kier molecular flexibility index (Phi) is 5.64. The third-order valence-corrected chi connectivity index (χ3v) is 6.19. The second-order valence-corrected chi connectivity index (χ2v) is 8.21. The van der Waals surface area contributed by atoms with Crippen LogP contribution in [0.25, 0.3) is 5.69 Å². The maximum absolute atomic E-state index is 12.7. The summed E-state index contributed by atoms with van der Waals surface area (Å²) in [5.74, 6) is 0.00218. The highest BCUT2D eigenvalue weighted by molar-refractivity contribution is 7.13. The van der Waals surface area contributed by atoms with Crippen LogP contribution >= 0.6 is 11.3 Å². The van der Waals surface area contributed by atoms with Gasteiger partial charge in [-0.2, -0.15) is 5.10 Å². The number of anilines is 2. The van der Waals surface area contributed by atoms with Crippen molar-refractivity contribution >= 4 is 28.1 Å². The van der Waals surface area contributed by atoms with Crippen molar-refractivity contribution in [2.75, 3.05) is 42.9 Å². The van der Waals surface area contributed by atoms with Crippen LogP contribution in [0.5, 0.6) is 0 Å². The average Bonchev–Trinajstić information content (AvgIpc) is 3.28. The number of carbonyl (C=O) groups excluding carboxylic acids is 1. The molecule has 0 atom stereocenters. The molecule has 152 valence electrons. The summed E-state index contributed by atoms with van der Waals surface area (Å²) in [4.78, 5) is 21.7. The van der Waals surface area contributed by atoms with Gasteiger partial charge in [0.25, 0.3) is 0 Å². The summed E-state index contributed by atoms with van der Waals surface area (Å²) < 4.78 is 1.87. The lowest BCUT2D eigenvalue weighted by atomic mass is 10.2. The molecule has 3 aromatic rings. The summed E-state index contributed by atoms with van der Waals surface area (Å²) in [6.07, 6.45) is 0. The summed E-state index contributed by atoms with van der Waals surface area (Å²) in [5, 5.41) is 10.8. The molecule has 0 aliphatic carbocycles. The Morgan fingerprint density at radius 3 is 2.48 bits per heavy atom. The molecule has 1 fully saturated rings. The third-order valence-electron chi connectivity index (χ3n) is 5.17. The van der Waals surface area contributed by atoms with E-state index >= 15 is 0 Å². The molecular formula is C21H26N6OS. The molecule has 1 N–H and O–H groups in total. The first-order valence-corrected chi connectivity index (χ1v) is 10.7. The van der Waals surface area contributed by atoms with Gasteiger partial charge in [0.05, 0.1) is 35.0 Å². The van der Waals surface area contributed by atoms with Gasteiger partial charge in [0.2, 0.25) is 5.91 Å². The molecule has 3 heterocycles. The minimum atomic E-state index is 0.00218. The van der Waals surface area contributed by atoms with E-state index in [-0.39, 0.29) is 5.91 Å². The number of para-hydroxylation sites is 1. The Morgan fingerprint density at radius 1 is 1.10 bits per heavy atom. The fourth-order valence-electron chi connectivity index (χ4n) is 3.61. The first-order chi connectivity index (χ1) is 14.0. The minimum absolute atomic E-state index is 0.00218. The Labute approximate surface area is 175 Å². The molecule has 2 aromatic heterocycles. The van der Waals surface area contributed by atoms with Gasteiger partial charge in [-0.1, -0.05) is 18.2 Å². The number of rotatable bonds is 5. The van der Waals surface area contributed by atoms with E-state index in [1.807, 2.05) is 55.8 Å². The molecule has 0 spiro atoms. The highest BCUT2D eigenvalue weighted by Crippen LogP contribution is 2.23. The normalized spacial score (nSPS) is 14.9. The van der Waals surface area contributed by atoms with Crippen molar-refractivity contribution in [2.45, 2.75) is 20.8 Å². The van der Waals surface area contributed by atoms with Crippen molar-refractivity contribution in [3.63, 3.8) is 0 Å². The minimum Gasteiger partial charge on any atom is -0.346 e. The molecule has 0 bridgehead atoms. The molecule has 4 rings (SSSR count). The zero-order chi connectivity index (χ0) is 20.4. The molecular weight excluding hydrogens is 384 g/mol. The Hall–Kier alpha value is -2.71. The number of piperazine rings is 1. The molecule has 8 heteroatoms. The number of aromatic nitrogens is 3. The highest BCUT2D eigenvalue weighted by Gasteiger charge is 2.22. The summed E-state index contributed by atoms with van der Waals surface area (Å²) in [7, 11) is 0. The summed E-state index contributed by atoms with van der Waals surface area (Å²) in [5.41, 5.74) is 4.61. The van der Waals surface area contributed by atoms with E-state index in [4.69, 9.17) is 0 Å². The molecule has 1 saturated heterocycles. The molecule has 1 aromatic carbocycles.